The third-order valence-corrected chi connectivity index (χ3v) is 8.78. The van der Waals surface area contributed by atoms with Gasteiger partial charge in [0.25, 0.3) is 0 Å². The van der Waals surface area contributed by atoms with Gasteiger partial charge in [0.15, 0.2) is 5.11 Å². The van der Waals surface area contributed by atoms with E-state index in [0.717, 1.165) is 39.7 Å². The normalized spacial score (nSPS) is 25.4. The quantitative estimate of drug-likeness (QED) is 0.340. The van der Waals surface area contributed by atoms with E-state index in [1.807, 2.05) is 24.4 Å². The first kappa shape index (κ1) is 23.1. The Bertz CT molecular complexity index is 1140. The number of halogens is 2. The van der Waals surface area contributed by atoms with Crippen LogP contribution in [0, 0.1) is 11.8 Å². The molecule has 2 fully saturated rings. The van der Waals surface area contributed by atoms with Crippen LogP contribution >= 0.6 is 51.1 Å². The van der Waals surface area contributed by atoms with Gasteiger partial charge in [-0.15, -0.1) is 11.3 Å². The lowest BCUT2D eigenvalue weighted by molar-refractivity contribution is 0.357. The second-order valence-electron chi connectivity index (χ2n) is 9.15. The van der Waals surface area contributed by atoms with Crippen LogP contribution in [0.15, 0.2) is 58.5 Å². The molecule has 2 aliphatic heterocycles. The van der Waals surface area contributed by atoms with Crippen LogP contribution in [0.4, 0.5) is 11.4 Å². The van der Waals surface area contributed by atoms with Crippen molar-refractivity contribution >= 4 is 67.6 Å². The zero-order valence-electron chi connectivity index (χ0n) is 18.5. The summed E-state index contributed by atoms with van der Waals surface area (Å²) in [6.45, 7) is 6.73. The Hall–Kier alpha value is -1.67. The Morgan fingerprint density at radius 1 is 1.15 bits per heavy atom. The average Bonchev–Trinajstić information content (AvgIpc) is 3.36. The van der Waals surface area contributed by atoms with E-state index < -0.39 is 0 Å². The summed E-state index contributed by atoms with van der Waals surface area (Å²) in [7, 11) is 0. The third-order valence-electron chi connectivity index (χ3n) is 6.40. The maximum Gasteiger partial charge on any atom is 0.174 e. The van der Waals surface area contributed by atoms with Gasteiger partial charge < -0.3 is 15.1 Å². The van der Waals surface area contributed by atoms with Crippen molar-refractivity contribution in [2.75, 3.05) is 22.9 Å². The van der Waals surface area contributed by atoms with Crippen LogP contribution in [0.2, 0.25) is 5.02 Å². The molecule has 3 aromatic rings. The largest absolute Gasteiger partial charge is 0.370 e. The Balaban J connectivity index is 1.51. The molecule has 4 nitrogen and oxygen atoms in total. The highest BCUT2D eigenvalue weighted by Gasteiger charge is 2.41. The average molecular weight is 562 g/mol. The van der Waals surface area contributed by atoms with Crippen molar-refractivity contribution in [1.29, 1.82) is 0 Å². The Morgan fingerprint density at radius 3 is 2.58 bits per heavy atom. The summed E-state index contributed by atoms with van der Waals surface area (Å²) in [5.41, 5.74) is 3.07. The first-order valence-electron chi connectivity index (χ1n) is 11.2. The molecule has 0 spiro atoms. The van der Waals surface area contributed by atoms with Gasteiger partial charge in [-0.1, -0.05) is 31.5 Å². The second-order valence-corrected chi connectivity index (χ2v) is 11.8. The van der Waals surface area contributed by atoms with Crippen LogP contribution in [-0.4, -0.2) is 23.2 Å². The third kappa shape index (κ3) is 4.65. The van der Waals surface area contributed by atoms with Gasteiger partial charge >= 0.3 is 0 Å². The highest BCUT2D eigenvalue weighted by Crippen LogP contribution is 2.45. The van der Waals surface area contributed by atoms with Crippen LogP contribution in [0.3, 0.4) is 0 Å². The maximum atomic E-state index is 6.89. The monoisotopic (exact) mass is 560 g/mol. The van der Waals surface area contributed by atoms with Gasteiger partial charge in [0, 0.05) is 39.7 Å². The van der Waals surface area contributed by atoms with Gasteiger partial charge in [0.2, 0.25) is 0 Å². The smallest absolute Gasteiger partial charge is 0.174 e. The van der Waals surface area contributed by atoms with E-state index in [1.54, 1.807) is 11.3 Å². The number of nitrogens with one attached hydrogen (secondary N) is 1. The molecule has 2 saturated heterocycles. The Morgan fingerprint density at radius 2 is 1.94 bits per heavy atom. The summed E-state index contributed by atoms with van der Waals surface area (Å²) >= 11 is 18.1. The number of hydrogen-bond acceptors (Lipinski definition) is 4. The molecule has 4 atom stereocenters. The molecule has 0 bridgehead atoms. The van der Waals surface area contributed by atoms with Crippen molar-refractivity contribution in [3.05, 3.63) is 74.1 Å². The molecule has 5 rings (SSSR count). The molecular formula is C25H26BrClN4S2. The van der Waals surface area contributed by atoms with Gasteiger partial charge in [0.1, 0.15) is 0 Å². The van der Waals surface area contributed by atoms with Crippen molar-refractivity contribution in [2.24, 2.45) is 11.8 Å². The van der Waals surface area contributed by atoms with Crippen LogP contribution in [0.5, 0.6) is 0 Å². The minimum absolute atomic E-state index is 0.0133. The van der Waals surface area contributed by atoms with E-state index in [2.05, 4.69) is 79.5 Å². The molecule has 2 aromatic heterocycles. The molecule has 0 aliphatic carbocycles. The molecule has 172 valence electrons. The van der Waals surface area contributed by atoms with Gasteiger partial charge in [-0.25, -0.2) is 0 Å². The number of benzene rings is 1. The molecule has 0 amide bonds. The van der Waals surface area contributed by atoms with Crippen LogP contribution < -0.4 is 15.1 Å². The molecule has 2 aliphatic rings. The molecule has 1 N–H and O–H groups in total. The first-order chi connectivity index (χ1) is 15.9. The number of nitrogens with zero attached hydrogens (tertiary/aromatic N) is 3. The molecular weight excluding hydrogens is 536 g/mol. The fourth-order valence-corrected chi connectivity index (χ4v) is 7.38. The molecule has 4 heterocycles. The van der Waals surface area contributed by atoms with Crippen molar-refractivity contribution in [3.8, 4) is 0 Å². The Labute approximate surface area is 218 Å². The summed E-state index contributed by atoms with van der Waals surface area (Å²) in [5, 5.41) is 7.08. The SMILES string of the molecule is C[C@@H]1C[C@H](C)CN(c2ccc(N3C(=S)N[C@@H](c4ccccn4)[C@H]3c3cc(Br)cs3)cc2Cl)C1. The molecule has 33 heavy (non-hydrogen) atoms. The van der Waals surface area contributed by atoms with Crippen molar-refractivity contribution in [3.63, 3.8) is 0 Å². The molecule has 0 unspecified atom stereocenters. The highest BCUT2D eigenvalue weighted by molar-refractivity contribution is 9.10. The van der Waals surface area contributed by atoms with E-state index in [4.69, 9.17) is 23.8 Å². The minimum atomic E-state index is -0.0495. The van der Waals surface area contributed by atoms with Gasteiger partial charge in [-0.3, -0.25) is 4.98 Å². The fourth-order valence-electron chi connectivity index (χ4n) is 5.17. The number of pyridine rings is 1. The molecule has 1 aromatic carbocycles. The summed E-state index contributed by atoms with van der Waals surface area (Å²) in [4.78, 5) is 10.4. The number of thiophene rings is 1. The number of rotatable bonds is 4. The van der Waals surface area contributed by atoms with Crippen molar-refractivity contribution < 1.29 is 0 Å². The van der Waals surface area contributed by atoms with Gasteiger partial charge in [-0.2, -0.15) is 0 Å². The van der Waals surface area contributed by atoms with Gasteiger partial charge in [-0.05, 0) is 82.8 Å². The number of aromatic nitrogens is 1. The fraction of sp³-hybridized carbons (Fsp3) is 0.360. The number of hydrogen-bond donors (Lipinski definition) is 1. The minimum Gasteiger partial charge on any atom is -0.370 e. The van der Waals surface area contributed by atoms with E-state index in [9.17, 15) is 0 Å². The predicted molar refractivity (Wildman–Crippen MR) is 147 cm³/mol. The van der Waals surface area contributed by atoms with E-state index >= 15 is 0 Å². The van der Waals surface area contributed by atoms with Crippen molar-refractivity contribution in [2.45, 2.75) is 32.4 Å². The number of piperidine rings is 1. The number of anilines is 2. The van der Waals surface area contributed by atoms with E-state index in [0.29, 0.717) is 16.9 Å². The summed E-state index contributed by atoms with van der Waals surface area (Å²) < 4.78 is 1.07. The maximum absolute atomic E-state index is 6.89. The Kier molecular flexibility index (Phi) is 6.67. The second kappa shape index (κ2) is 9.53. The van der Waals surface area contributed by atoms with Crippen LogP contribution in [-0.2, 0) is 0 Å². The molecule has 8 heteroatoms. The lowest BCUT2D eigenvalue weighted by atomic mass is 9.91. The first-order valence-corrected chi connectivity index (χ1v) is 13.7. The lowest BCUT2D eigenvalue weighted by Gasteiger charge is -2.37. The summed E-state index contributed by atoms with van der Waals surface area (Å²) in [5.74, 6) is 1.33. The number of thiocarbonyl (C=S) groups is 1. The summed E-state index contributed by atoms with van der Waals surface area (Å²) in [6.07, 6.45) is 3.10. The zero-order valence-corrected chi connectivity index (χ0v) is 22.5. The van der Waals surface area contributed by atoms with Crippen molar-refractivity contribution in [1.82, 2.24) is 10.3 Å². The summed E-state index contributed by atoms with van der Waals surface area (Å²) in [6, 6.07) is 14.5. The van der Waals surface area contributed by atoms with E-state index in [1.165, 1.54) is 11.3 Å². The highest BCUT2D eigenvalue weighted by atomic mass is 79.9. The van der Waals surface area contributed by atoms with Crippen LogP contribution in [0.25, 0.3) is 0 Å². The topological polar surface area (TPSA) is 31.4 Å². The van der Waals surface area contributed by atoms with Crippen LogP contribution in [0.1, 0.15) is 42.9 Å². The lowest BCUT2D eigenvalue weighted by Crippen LogP contribution is -2.38. The zero-order chi connectivity index (χ0) is 23.1. The standard InChI is InChI=1S/C25H26BrClN4S2/c1-15-9-16(2)13-30(12-15)21-7-6-18(11-19(21)27)31-24(22-10-17(26)14-33-22)23(29-25(31)32)20-5-3-4-8-28-20/h3-8,10-11,14-16,23-24H,9,12-13H2,1-2H3,(H,29,32)/t15-,16+,23-,24+/m0/s1. The molecule has 0 radical (unpaired) electrons. The van der Waals surface area contributed by atoms with Gasteiger partial charge in [0.05, 0.1) is 28.5 Å². The molecule has 0 saturated carbocycles. The van der Waals surface area contributed by atoms with E-state index in [-0.39, 0.29) is 12.1 Å². The predicted octanol–water partition coefficient (Wildman–Crippen LogP) is 7.22.